The quantitative estimate of drug-likeness (QED) is 0.0571. The second-order valence-electron chi connectivity index (χ2n) is 13.0. The van der Waals surface area contributed by atoms with Crippen LogP contribution in [0.2, 0.25) is 2.82 Å². The maximum absolute atomic E-state index is 13.4. The number of fused-ring (bicyclic) bond motifs is 2. The minimum atomic E-state index is -5.37. The minimum Gasteiger partial charge on any atom is -0.316 e. The smallest absolute Gasteiger partial charge is 0.316 e. The van der Waals surface area contributed by atoms with Gasteiger partial charge in [0.1, 0.15) is 0 Å². The lowest BCUT2D eigenvalue weighted by Crippen LogP contribution is -2.43. The van der Waals surface area contributed by atoms with Gasteiger partial charge in [-0.05, 0) is 33.4 Å². The van der Waals surface area contributed by atoms with Gasteiger partial charge in [0.25, 0.3) is 20.2 Å². The molecule has 4 aromatic rings. The predicted octanol–water partition coefficient (Wildman–Crippen LogP) is 7.18. The Morgan fingerprint density at radius 1 is 0.603 bits per heavy atom. The molecule has 0 radical (unpaired) electrons. The summed E-state index contributed by atoms with van der Waals surface area (Å²) in [6, 6.07) is 20.7. The van der Waals surface area contributed by atoms with Crippen LogP contribution in [0.5, 0.6) is 0 Å². The highest BCUT2D eigenvalue weighted by molar-refractivity contribution is 7.87. The van der Waals surface area contributed by atoms with Crippen molar-refractivity contribution < 1.29 is 64.7 Å². The standard InChI is InChI=1S/C36H26F6N6O8S2/c37-35(38,39)31(49)45-29-23-5-1-3-7-25(23)33(57(51,52)53,17-27(29)47-43)21-13-9-19(10-14-21)20-11-15-22(16-12-20)34(58(54,55)56)18-28(48-44)30(46-32(50)36(40,41)42)24-6-2-4-8-26(24)34/h1-16,43-44H,17-18H2,(H,45,49)(H,46,50)(H,51,52,53)(H,54,55,56)/b47-43+,48-44+. The van der Waals surface area contributed by atoms with Crippen LogP contribution < -0.4 is 10.6 Å². The van der Waals surface area contributed by atoms with Gasteiger partial charge < -0.3 is 10.6 Å². The number of nitrogens with zero attached hydrogens (tertiary/aromatic N) is 2. The van der Waals surface area contributed by atoms with Crippen LogP contribution in [0.15, 0.2) is 119 Å². The number of benzene rings is 4. The average molecular weight is 849 g/mol. The number of carbonyl (C=O) groups is 2. The highest BCUT2D eigenvalue weighted by atomic mass is 32.2. The van der Waals surface area contributed by atoms with E-state index in [0.717, 1.165) is 0 Å². The maximum Gasteiger partial charge on any atom is 0.471 e. The first-order chi connectivity index (χ1) is 28.0. The molecule has 0 saturated heterocycles. The molecule has 0 heterocycles. The molecule has 0 aromatic heterocycles. The van der Waals surface area contributed by atoms with Gasteiger partial charge >= 0.3 is 24.2 Å². The van der Waals surface area contributed by atoms with E-state index in [0.29, 0.717) is 11.1 Å². The van der Waals surface area contributed by atoms with Crippen molar-refractivity contribution in [2.24, 2.45) is 10.2 Å². The lowest BCUT2D eigenvalue weighted by molar-refractivity contribution is -0.172. The fourth-order valence-corrected chi connectivity index (χ4v) is 9.63. The molecule has 2 aliphatic rings. The van der Waals surface area contributed by atoms with E-state index < -0.39 is 89.5 Å². The molecular formula is C36H26F6N6O8S2. The third-order valence-electron chi connectivity index (χ3n) is 9.82. The molecule has 2 unspecified atom stereocenters. The molecule has 4 aromatic carbocycles. The average Bonchev–Trinajstić information content (AvgIpc) is 3.18. The van der Waals surface area contributed by atoms with Gasteiger partial charge in [-0.2, -0.15) is 53.4 Å². The van der Waals surface area contributed by atoms with Gasteiger partial charge in [0.2, 0.25) is 2.82 Å². The van der Waals surface area contributed by atoms with Gasteiger partial charge in [0.15, 0.2) is 9.49 Å². The molecule has 14 nitrogen and oxygen atoms in total. The predicted molar refractivity (Wildman–Crippen MR) is 191 cm³/mol. The van der Waals surface area contributed by atoms with E-state index in [4.69, 9.17) is 2.82 Å². The fourth-order valence-electron chi connectivity index (χ4n) is 7.21. The van der Waals surface area contributed by atoms with Crippen LogP contribution >= 0.6 is 0 Å². The van der Waals surface area contributed by atoms with Crippen LogP contribution in [0.3, 0.4) is 0 Å². The Morgan fingerprint density at radius 2 is 0.931 bits per heavy atom. The van der Waals surface area contributed by atoms with Crippen molar-refractivity contribution in [2.45, 2.75) is 34.7 Å². The van der Waals surface area contributed by atoms with E-state index in [1.165, 1.54) is 97.1 Å². The monoisotopic (exact) mass is 848 g/mol. The summed E-state index contributed by atoms with van der Waals surface area (Å²) < 4.78 is 165. The largest absolute Gasteiger partial charge is 0.471 e. The van der Waals surface area contributed by atoms with Crippen molar-refractivity contribution >= 4 is 43.4 Å². The molecule has 6 N–H and O–H groups in total. The minimum absolute atomic E-state index is 0.142. The summed E-state index contributed by atoms with van der Waals surface area (Å²) in [5.41, 5.74) is 2.60. The Morgan fingerprint density at radius 3 is 1.22 bits per heavy atom. The van der Waals surface area contributed by atoms with Gasteiger partial charge in [-0.3, -0.25) is 18.7 Å². The van der Waals surface area contributed by atoms with Crippen molar-refractivity contribution in [2.75, 3.05) is 0 Å². The van der Waals surface area contributed by atoms with Gasteiger partial charge in [-0.25, -0.2) is 11.0 Å². The highest BCUT2D eigenvalue weighted by Gasteiger charge is 2.54. The van der Waals surface area contributed by atoms with Crippen LogP contribution in [0, 0.1) is 11.0 Å². The molecule has 2 amide bonds. The molecule has 0 spiro atoms. The number of hydrogen-bond donors (Lipinski definition) is 6. The van der Waals surface area contributed by atoms with Gasteiger partial charge in [0.05, 0.1) is 22.8 Å². The molecule has 22 heteroatoms. The Balaban J connectivity index is 1.44. The number of nitrogens with one attached hydrogen (secondary N) is 4. The van der Waals surface area contributed by atoms with Gasteiger partial charge in [0, 0.05) is 24.0 Å². The number of rotatable bonds is 9. The molecule has 58 heavy (non-hydrogen) atoms. The van der Waals surface area contributed by atoms with Gasteiger partial charge in [-0.1, -0.05) is 97.1 Å². The van der Waals surface area contributed by atoms with E-state index in [1.807, 2.05) is 0 Å². The molecule has 302 valence electrons. The lowest BCUT2D eigenvalue weighted by atomic mass is 9.78. The van der Waals surface area contributed by atoms with E-state index in [1.54, 1.807) is 10.6 Å². The molecule has 0 fully saturated rings. The van der Waals surface area contributed by atoms with Crippen LogP contribution in [-0.2, 0) is 39.3 Å². The van der Waals surface area contributed by atoms with E-state index in [2.05, 4.69) is 21.3 Å². The van der Waals surface area contributed by atoms with Crippen molar-refractivity contribution in [1.29, 1.82) is 11.0 Å². The summed E-state index contributed by atoms with van der Waals surface area (Å²) in [6.07, 6.45) is -12.5. The first kappa shape index (κ1) is 38.8. The van der Waals surface area contributed by atoms with Crippen molar-refractivity contribution in [3.05, 3.63) is 142 Å². The van der Waals surface area contributed by atoms with Crippen LogP contribution in [0.1, 0.15) is 46.2 Å². The van der Waals surface area contributed by atoms with Gasteiger partial charge in [-0.15, -0.1) is 0 Å². The van der Waals surface area contributed by atoms with Crippen molar-refractivity contribution in [1.82, 2.24) is 10.6 Å². The van der Waals surface area contributed by atoms with E-state index >= 15 is 0 Å². The molecule has 2 atom stereocenters. The van der Waals surface area contributed by atoms with Crippen LogP contribution in [0.4, 0.5) is 26.3 Å². The number of carbonyl (C=O) groups excluding carboxylic acids is 2. The Kier molecular flexibility index (Phi) is 9.61. The second kappa shape index (κ2) is 14.4. The summed E-state index contributed by atoms with van der Waals surface area (Å²) >= 11 is 0. The van der Waals surface area contributed by atoms with E-state index in [-0.39, 0.29) is 33.4 Å². The molecular weight excluding hydrogens is 823 g/mol. The van der Waals surface area contributed by atoms with Crippen molar-refractivity contribution in [3.8, 4) is 11.1 Å². The Bertz CT molecular complexity index is 2580. The third-order valence-corrected chi connectivity index (χ3v) is 12.8. The Hall–Kier alpha value is -6.10. The SMILES string of the molecule is [H]/N=N/C1=C(NC(=O)C(F)(F)F)c2ccccc2C(c2ccc(-c3ccc(C4(S(=O)(=O)O)CC(/N=N/[H])=C(NC(=O)C(F)(F)F)c5ccccc54)cc3)cc2)(S(=O)(=O)O)C1. The summed E-state index contributed by atoms with van der Waals surface area (Å²) in [5, 5.41) is 10.3. The molecule has 0 saturated carbocycles. The first-order valence-corrected chi connectivity index (χ1v) is 19.2. The highest BCUT2D eigenvalue weighted by Crippen LogP contribution is 2.52. The zero-order valence-corrected chi connectivity index (χ0v) is 30.5. The van der Waals surface area contributed by atoms with E-state index in [9.17, 15) is 61.9 Å². The zero-order valence-electron chi connectivity index (χ0n) is 30.9. The number of allylic oxidation sites excluding steroid dienone is 2. The number of alkyl halides is 6. The lowest BCUT2D eigenvalue weighted by Gasteiger charge is -2.38. The van der Waals surface area contributed by atoms with Crippen LogP contribution in [0.25, 0.3) is 22.5 Å². The topological polar surface area (TPSA) is 239 Å². The summed E-state index contributed by atoms with van der Waals surface area (Å²) in [5.74, 6) is -4.85. The molecule has 6 rings (SSSR count). The summed E-state index contributed by atoms with van der Waals surface area (Å²) in [6.45, 7) is 0. The number of halogens is 6. The maximum atomic E-state index is 13.4. The zero-order chi connectivity index (χ0) is 44.1. The molecule has 0 bridgehead atoms. The number of amides is 2. The second-order valence-corrected chi connectivity index (χ2v) is 16.2. The summed E-state index contributed by atoms with van der Waals surface area (Å²) in [4.78, 5) is 24.0. The normalized spacial score (nSPS) is 20.7. The Labute approximate surface area is 327 Å². The third kappa shape index (κ3) is 6.86. The first-order valence-electron chi connectivity index (χ1n) is 17.2. The van der Waals surface area contributed by atoms with Crippen LogP contribution in [-0.4, -0.2) is 50.1 Å². The van der Waals surface area contributed by atoms with Crippen molar-refractivity contribution in [3.63, 3.8) is 0 Å². The fraction of sp³-hybridized carbons (Fsp3) is 0.167. The molecule has 0 aliphatic heterocycles. The number of hydrogen-bond acceptors (Lipinski definition) is 10. The summed E-state index contributed by atoms with van der Waals surface area (Å²) in [7, 11) is -10.5. The molecule has 2 aliphatic carbocycles.